The Morgan fingerprint density at radius 2 is 1.81 bits per heavy atom. The number of nitrogens with zero attached hydrogens (tertiary/aromatic N) is 4. The van der Waals surface area contributed by atoms with Gasteiger partial charge in [0.15, 0.2) is 5.65 Å². The molecule has 2 heterocycles. The van der Waals surface area contributed by atoms with E-state index in [2.05, 4.69) is 15.3 Å². The number of thioether (sulfide) groups is 1. The molecule has 170 valence electrons. The number of hydrogen-bond donors (Lipinski definition) is 1. The van der Waals surface area contributed by atoms with Gasteiger partial charge in [-0.2, -0.15) is 0 Å². The number of carbonyl (C=O) groups excluding carboxylic acids is 1. The van der Waals surface area contributed by atoms with Crippen LogP contribution in [0.5, 0.6) is 0 Å². The van der Waals surface area contributed by atoms with Crippen molar-refractivity contribution in [2.24, 2.45) is 14.1 Å². The highest BCUT2D eigenvalue weighted by Crippen LogP contribution is 2.27. The van der Waals surface area contributed by atoms with Crippen LogP contribution >= 0.6 is 35.0 Å². The van der Waals surface area contributed by atoms with Crippen molar-refractivity contribution in [3.63, 3.8) is 0 Å². The Hall–Kier alpha value is -2.36. The SMILES string of the molecule is Cn1c(=O)c2c(SCC(=O)NCc3ccc(Cl)cc3Cl)nc(C(C)(C)C)nc2n(C)c1=O. The molecule has 3 rings (SSSR count). The predicted molar refractivity (Wildman–Crippen MR) is 128 cm³/mol. The second-order valence-electron chi connectivity index (χ2n) is 8.31. The normalized spacial score (nSPS) is 11.7. The molecule has 0 atom stereocenters. The molecule has 11 heteroatoms. The first-order valence-electron chi connectivity index (χ1n) is 9.72. The van der Waals surface area contributed by atoms with Crippen LogP contribution in [0.1, 0.15) is 32.2 Å². The Bertz CT molecular complexity index is 1330. The number of hydrogen-bond acceptors (Lipinski definition) is 6. The summed E-state index contributed by atoms with van der Waals surface area (Å²) < 4.78 is 2.33. The molecule has 2 aromatic heterocycles. The van der Waals surface area contributed by atoms with Crippen LogP contribution in [0.25, 0.3) is 11.0 Å². The summed E-state index contributed by atoms with van der Waals surface area (Å²) in [7, 11) is 2.96. The first-order chi connectivity index (χ1) is 14.9. The summed E-state index contributed by atoms with van der Waals surface area (Å²) in [6.07, 6.45) is 0. The van der Waals surface area contributed by atoms with Gasteiger partial charge in [0.05, 0.1) is 5.75 Å². The zero-order chi connectivity index (χ0) is 23.8. The van der Waals surface area contributed by atoms with E-state index in [0.717, 1.165) is 21.9 Å². The molecule has 8 nitrogen and oxygen atoms in total. The van der Waals surface area contributed by atoms with Gasteiger partial charge >= 0.3 is 5.69 Å². The van der Waals surface area contributed by atoms with E-state index in [9.17, 15) is 14.4 Å². The van der Waals surface area contributed by atoms with Crippen molar-refractivity contribution in [3.05, 3.63) is 60.5 Å². The maximum atomic E-state index is 12.8. The smallest absolute Gasteiger partial charge is 0.332 e. The Morgan fingerprint density at radius 1 is 1.12 bits per heavy atom. The zero-order valence-corrected chi connectivity index (χ0v) is 20.7. The highest BCUT2D eigenvalue weighted by molar-refractivity contribution is 8.00. The van der Waals surface area contributed by atoms with E-state index in [0.29, 0.717) is 20.9 Å². The molecule has 0 aliphatic rings. The molecule has 3 aromatic rings. The topological polar surface area (TPSA) is 98.9 Å². The third-order valence-electron chi connectivity index (χ3n) is 4.77. The monoisotopic (exact) mass is 495 g/mol. The maximum absolute atomic E-state index is 12.8. The van der Waals surface area contributed by atoms with Crippen molar-refractivity contribution < 1.29 is 4.79 Å². The summed E-state index contributed by atoms with van der Waals surface area (Å²) in [5.74, 6) is 0.239. The highest BCUT2D eigenvalue weighted by atomic mass is 35.5. The summed E-state index contributed by atoms with van der Waals surface area (Å²) >= 11 is 13.2. The van der Waals surface area contributed by atoms with Gasteiger partial charge in [0.25, 0.3) is 5.56 Å². The van der Waals surface area contributed by atoms with Gasteiger partial charge in [-0.25, -0.2) is 14.8 Å². The minimum absolute atomic E-state index is 0.0207. The minimum Gasteiger partial charge on any atom is -0.351 e. The molecule has 1 amide bonds. The fraction of sp³-hybridized carbons (Fsp3) is 0.381. The van der Waals surface area contributed by atoms with E-state index < -0.39 is 16.7 Å². The number of carbonyl (C=O) groups is 1. The molecule has 0 aliphatic heterocycles. The molecule has 0 fully saturated rings. The van der Waals surface area contributed by atoms with Crippen LogP contribution in [0.15, 0.2) is 32.8 Å². The van der Waals surface area contributed by atoms with Crippen molar-refractivity contribution in [1.82, 2.24) is 24.4 Å². The summed E-state index contributed by atoms with van der Waals surface area (Å²) in [6, 6.07) is 5.06. The average molecular weight is 496 g/mol. The number of aromatic nitrogens is 4. The van der Waals surface area contributed by atoms with Crippen molar-refractivity contribution in [3.8, 4) is 0 Å². The van der Waals surface area contributed by atoms with Gasteiger partial charge in [-0.1, -0.05) is 61.8 Å². The Kier molecular flexibility index (Phi) is 7.02. The number of amides is 1. The molecule has 1 N–H and O–H groups in total. The fourth-order valence-electron chi connectivity index (χ4n) is 2.91. The van der Waals surface area contributed by atoms with E-state index in [1.165, 1.54) is 11.6 Å². The van der Waals surface area contributed by atoms with Crippen LogP contribution in [0.2, 0.25) is 10.0 Å². The predicted octanol–water partition coefficient (Wildman–Crippen LogP) is 3.04. The lowest BCUT2D eigenvalue weighted by atomic mass is 9.96. The third-order valence-corrected chi connectivity index (χ3v) is 6.33. The lowest BCUT2D eigenvalue weighted by Gasteiger charge is -2.19. The van der Waals surface area contributed by atoms with Crippen molar-refractivity contribution in [2.75, 3.05) is 5.75 Å². The maximum Gasteiger partial charge on any atom is 0.332 e. The second-order valence-corrected chi connectivity index (χ2v) is 10.1. The van der Waals surface area contributed by atoms with Crippen LogP contribution in [-0.4, -0.2) is 30.8 Å². The van der Waals surface area contributed by atoms with E-state index in [1.807, 2.05) is 20.8 Å². The van der Waals surface area contributed by atoms with Gasteiger partial charge in [0, 0.05) is 36.1 Å². The summed E-state index contributed by atoms with van der Waals surface area (Å²) in [4.78, 5) is 46.8. The van der Waals surface area contributed by atoms with Gasteiger partial charge in [0.2, 0.25) is 5.91 Å². The number of fused-ring (bicyclic) bond motifs is 1. The Labute approximate surface area is 199 Å². The fourth-order valence-corrected chi connectivity index (χ4v) is 4.23. The molecular formula is C21H23Cl2N5O3S. The largest absolute Gasteiger partial charge is 0.351 e. The van der Waals surface area contributed by atoms with Crippen LogP contribution in [0.3, 0.4) is 0 Å². The molecule has 0 bridgehead atoms. The van der Waals surface area contributed by atoms with E-state index in [1.54, 1.807) is 25.2 Å². The van der Waals surface area contributed by atoms with Crippen LogP contribution in [0.4, 0.5) is 0 Å². The number of nitrogens with one attached hydrogen (secondary N) is 1. The van der Waals surface area contributed by atoms with Gasteiger partial charge in [0.1, 0.15) is 16.2 Å². The summed E-state index contributed by atoms with van der Waals surface area (Å²) in [5, 5.41) is 4.35. The summed E-state index contributed by atoms with van der Waals surface area (Å²) in [6.45, 7) is 6.04. The molecule has 0 radical (unpaired) electrons. The molecule has 32 heavy (non-hydrogen) atoms. The number of halogens is 2. The minimum atomic E-state index is -0.501. The molecule has 0 saturated heterocycles. The lowest BCUT2D eigenvalue weighted by Crippen LogP contribution is -2.38. The Morgan fingerprint density at radius 3 is 2.44 bits per heavy atom. The molecule has 0 saturated carbocycles. The number of rotatable bonds is 5. The molecule has 0 unspecified atom stereocenters. The summed E-state index contributed by atoms with van der Waals surface area (Å²) in [5.41, 5.74) is -0.419. The standard InChI is InChI=1S/C21H23Cl2N5O3S/c1-21(2,3)19-25-16-15(18(30)28(5)20(31)27(16)4)17(26-19)32-10-14(29)24-9-11-6-7-12(22)8-13(11)23/h6-8H,9-10H2,1-5H3,(H,24,29). The molecule has 1 aromatic carbocycles. The lowest BCUT2D eigenvalue weighted by molar-refractivity contribution is -0.118. The number of aryl methyl sites for hydroxylation is 1. The van der Waals surface area contributed by atoms with Crippen molar-refractivity contribution in [1.29, 1.82) is 0 Å². The van der Waals surface area contributed by atoms with Gasteiger partial charge in [-0.05, 0) is 17.7 Å². The Balaban J connectivity index is 1.91. The molecule has 0 aliphatic carbocycles. The second kappa shape index (κ2) is 9.25. The van der Waals surface area contributed by atoms with E-state index >= 15 is 0 Å². The quantitative estimate of drug-likeness (QED) is 0.431. The first-order valence-corrected chi connectivity index (χ1v) is 11.5. The molecule has 0 spiro atoms. The highest BCUT2D eigenvalue weighted by Gasteiger charge is 2.24. The third kappa shape index (κ3) is 5.00. The van der Waals surface area contributed by atoms with Gasteiger partial charge in [-0.15, -0.1) is 0 Å². The van der Waals surface area contributed by atoms with Crippen molar-refractivity contribution >= 4 is 51.9 Å². The average Bonchev–Trinajstić information content (AvgIpc) is 2.72. The van der Waals surface area contributed by atoms with Crippen LogP contribution < -0.4 is 16.6 Å². The van der Waals surface area contributed by atoms with E-state index in [-0.39, 0.29) is 29.2 Å². The van der Waals surface area contributed by atoms with Gasteiger partial charge in [-0.3, -0.25) is 18.7 Å². The van der Waals surface area contributed by atoms with Crippen LogP contribution in [-0.2, 0) is 30.8 Å². The number of benzene rings is 1. The molecular weight excluding hydrogens is 473 g/mol. The van der Waals surface area contributed by atoms with Crippen LogP contribution in [0, 0.1) is 0 Å². The zero-order valence-electron chi connectivity index (χ0n) is 18.3. The van der Waals surface area contributed by atoms with Gasteiger partial charge < -0.3 is 5.32 Å². The van der Waals surface area contributed by atoms with E-state index in [4.69, 9.17) is 23.2 Å². The first kappa shape index (κ1) is 24.3. The van der Waals surface area contributed by atoms with Crippen molar-refractivity contribution in [2.45, 2.75) is 37.8 Å².